The number of rotatable bonds is 4. The van der Waals surface area contributed by atoms with E-state index >= 15 is 0 Å². The van der Waals surface area contributed by atoms with E-state index < -0.39 is 0 Å². The lowest BCUT2D eigenvalue weighted by atomic mass is 10.1. The van der Waals surface area contributed by atoms with Crippen molar-refractivity contribution in [2.45, 2.75) is 38.5 Å². The van der Waals surface area contributed by atoms with Gasteiger partial charge in [0.15, 0.2) is 0 Å². The Morgan fingerprint density at radius 1 is 1.32 bits per heavy atom. The van der Waals surface area contributed by atoms with Crippen LogP contribution in [0, 0.1) is 0 Å². The highest BCUT2D eigenvalue weighted by atomic mass is 16.5. The summed E-state index contributed by atoms with van der Waals surface area (Å²) in [6, 6.07) is 5.64. The monoisotopic (exact) mass is 379 g/mol. The van der Waals surface area contributed by atoms with E-state index in [9.17, 15) is 4.79 Å². The quantitative estimate of drug-likeness (QED) is 0.748. The van der Waals surface area contributed by atoms with Gasteiger partial charge in [-0.15, -0.1) is 0 Å². The molecular formula is C20H21N5O3. The third-order valence-corrected chi connectivity index (χ3v) is 5.20. The zero-order valence-electron chi connectivity index (χ0n) is 15.8. The third kappa shape index (κ3) is 2.80. The van der Waals surface area contributed by atoms with Crippen molar-refractivity contribution < 1.29 is 14.3 Å². The van der Waals surface area contributed by atoms with Crippen LogP contribution in [-0.4, -0.2) is 62.4 Å². The largest absolute Gasteiger partial charge is 0.474 e. The van der Waals surface area contributed by atoms with E-state index in [4.69, 9.17) is 9.47 Å². The molecule has 8 heteroatoms. The minimum absolute atomic E-state index is 0.0109. The normalized spacial score (nSPS) is 21.0. The number of fused-ring (bicyclic) bond motifs is 3. The van der Waals surface area contributed by atoms with E-state index in [0.717, 1.165) is 22.9 Å². The first-order valence-corrected chi connectivity index (χ1v) is 9.49. The molecule has 0 aromatic carbocycles. The maximum absolute atomic E-state index is 13.0. The molecular weight excluding hydrogens is 358 g/mol. The summed E-state index contributed by atoms with van der Waals surface area (Å²) in [7, 11) is 0. The van der Waals surface area contributed by atoms with E-state index in [1.807, 2.05) is 30.9 Å². The number of carbonyl (C=O) groups excluding carboxylic acids is 1. The van der Waals surface area contributed by atoms with Crippen molar-refractivity contribution in [1.29, 1.82) is 0 Å². The third-order valence-electron chi connectivity index (χ3n) is 5.20. The Morgan fingerprint density at radius 3 is 2.93 bits per heavy atom. The smallest absolute Gasteiger partial charge is 0.272 e. The Balaban J connectivity index is 1.52. The molecule has 1 amide bonds. The van der Waals surface area contributed by atoms with Crippen LogP contribution in [0.15, 0.2) is 30.6 Å². The van der Waals surface area contributed by atoms with Crippen molar-refractivity contribution in [3.8, 4) is 17.1 Å². The first-order chi connectivity index (χ1) is 13.6. The molecule has 3 aromatic rings. The van der Waals surface area contributed by atoms with Gasteiger partial charge in [-0.05, 0) is 38.5 Å². The second kappa shape index (κ2) is 6.56. The van der Waals surface area contributed by atoms with Crippen molar-refractivity contribution in [3.05, 3.63) is 36.3 Å². The molecule has 0 aliphatic carbocycles. The molecule has 8 nitrogen and oxygen atoms in total. The number of likely N-dealkylation sites (tertiary alicyclic amines) is 1. The molecule has 0 saturated carbocycles. The maximum Gasteiger partial charge on any atom is 0.272 e. The van der Waals surface area contributed by atoms with Crippen LogP contribution in [-0.2, 0) is 4.74 Å². The molecule has 2 aliphatic rings. The number of carbonyl (C=O) groups is 1. The van der Waals surface area contributed by atoms with Crippen LogP contribution in [0.4, 0.5) is 0 Å². The minimum atomic E-state index is -0.0609. The Hall–Kier alpha value is -3.00. The van der Waals surface area contributed by atoms with Gasteiger partial charge >= 0.3 is 0 Å². The molecule has 2 bridgehead atoms. The fourth-order valence-electron chi connectivity index (χ4n) is 3.95. The van der Waals surface area contributed by atoms with Gasteiger partial charge in [0.2, 0.25) is 5.88 Å². The average Bonchev–Trinajstić information content (AvgIpc) is 3.42. The SMILES string of the molecule is CC(C)Oc1nccc2[nH]nc(-c3ccnc(C(=O)N4C[C@@H]5C[C@H]4CO5)c3)c12. The topological polar surface area (TPSA) is 93.2 Å². The molecule has 1 N–H and O–H groups in total. The van der Waals surface area contributed by atoms with E-state index in [0.29, 0.717) is 30.4 Å². The van der Waals surface area contributed by atoms with Gasteiger partial charge in [0.25, 0.3) is 5.91 Å². The van der Waals surface area contributed by atoms with E-state index in [2.05, 4.69) is 20.2 Å². The first-order valence-electron chi connectivity index (χ1n) is 9.49. The molecule has 5 heterocycles. The summed E-state index contributed by atoms with van der Waals surface area (Å²) in [6.07, 6.45) is 4.40. The zero-order chi connectivity index (χ0) is 19.3. The highest BCUT2D eigenvalue weighted by Gasteiger charge is 2.42. The van der Waals surface area contributed by atoms with Gasteiger partial charge in [0.05, 0.1) is 35.8 Å². The summed E-state index contributed by atoms with van der Waals surface area (Å²) in [5.74, 6) is 0.462. The van der Waals surface area contributed by atoms with Crippen LogP contribution in [0.3, 0.4) is 0 Å². The van der Waals surface area contributed by atoms with Gasteiger partial charge in [0.1, 0.15) is 11.4 Å². The van der Waals surface area contributed by atoms with Gasteiger partial charge < -0.3 is 14.4 Å². The molecule has 3 aromatic heterocycles. The summed E-state index contributed by atoms with van der Waals surface area (Å²) < 4.78 is 11.5. The van der Waals surface area contributed by atoms with Gasteiger partial charge in [0, 0.05) is 24.5 Å². The Labute approximate surface area is 161 Å². The first kappa shape index (κ1) is 17.1. The van der Waals surface area contributed by atoms with Crippen molar-refractivity contribution in [2.75, 3.05) is 13.2 Å². The van der Waals surface area contributed by atoms with Crippen molar-refractivity contribution in [3.63, 3.8) is 0 Å². The fourth-order valence-corrected chi connectivity index (χ4v) is 3.95. The summed E-state index contributed by atoms with van der Waals surface area (Å²) in [5, 5.41) is 8.28. The van der Waals surface area contributed by atoms with Crippen molar-refractivity contribution >= 4 is 16.8 Å². The van der Waals surface area contributed by atoms with Gasteiger partial charge in [-0.3, -0.25) is 14.9 Å². The molecule has 144 valence electrons. The van der Waals surface area contributed by atoms with Crippen LogP contribution >= 0.6 is 0 Å². The molecule has 0 radical (unpaired) electrons. The van der Waals surface area contributed by atoms with Crippen LogP contribution in [0.2, 0.25) is 0 Å². The molecule has 2 fully saturated rings. The lowest BCUT2D eigenvalue weighted by Gasteiger charge is -2.26. The van der Waals surface area contributed by atoms with E-state index in [1.54, 1.807) is 18.5 Å². The van der Waals surface area contributed by atoms with Crippen LogP contribution < -0.4 is 4.74 Å². The predicted octanol–water partition coefficient (Wildman–Crippen LogP) is 2.42. The molecule has 28 heavy (non-hydrogen) atoms. The number of aromatic amines is 1. The summed E-state index contributed by atoms with van der Waals surface area (Å²) in [5.41, 5.74) is 2.74. The number of pyridine rings is 2. The number of hydrogen-bond acceptors (Lipinski definition) is 6. The fraction of sp³-hybridized carbons (Fsp3) is 0.400. The number of hydrogen-bond donors (Lipinski definition) is 1. The van der Waals surface area contributed by atoms with Crippen LogP contribution in [0.5, 0.6) is 5.88 Å². The second-order valence-electron chi connectivity index (χ2n) is 7.51. The number of nitrogens with zero attached hydrogens (tertiary/aromatic N) is 4. The number of aromatic nitrogens is 4. The predicted molar refractivity (Wildman–Crippen MR) is 102 cm³/mol. The van der Waals surface area contributed by atoms with Gasteiger partial charge in [-0.25, -0.2) is 4.98 Å². The lowest BCUT2D eigenvalue weighted by Crippen LogP contribution is -2.41. The number of nitrogens with one attached hydrogen (secondary N) is 1. The lowest BCUT2D eigenvalue weighted by molar-refractivity contribution is 0.0255. The summed E-state index contributed by atoms with van der Waals surface area (Å²) >= 11 is 0. The minimum Gasteiger partial charge on any atom is -0.474 e. The summed E-state index contributed by atoms with van der Waals surface area (Å²) in [4.78, 5) is 23.5. The molecule has 2 aliphatic heterocycles. The molecule has 2 atom stereocenters. The van der Waals surface area contributed by atoms with Gasteiger partial charge in [-0.2, -0.15) is 5.10 Å². The maximum atomic E-state index is 13.0. The highest BCUT2D eigenvalue weighted by Crippen LogP contribution is 2.33. The van der Waals surface area contributed by atoms with Crippen molar-refractivity contribution in [2.24, 2.45) is 0 Å². The summed E-state index contributed by atoms with van der Waals surface area (Å²) in [6.45, 7) is 5.16. The Bertz CT molecular complexity index is 1050. The second-order valence-corrected chi connectivity index (χ2v) is 7.51. The average molecular weight is 379 g/mol. The molecule has 2 saturated heterocycles. The molecule has 5 rings (SSSR count). The Kier molecular flexibility index (Phi) is 4.01. The highest BCUT2D eigenvalue weighted by molar-refractivity contribution is 5.98. The number of ether oxygens (including phenoxy) is 2. The molecule has 0 spiro atoms. The van der Waals surface area contributed by atoms with Crippen LogP contribution in [0.1, 0.15) is 30.8 Å². The zero-order valence-corrected chi connectivity index (χ0v) is 15.8. The number of amides is 1. The van der Waals surface area contributed by atoms with Gasteiger partial charge in [-0.1, -0.05) is 0 Å². The standard InChI is InChI=1S/C20H21N5O3/c1-11(2)28-19-17-15(4-6-22-19)23-24-18(17)12-3-5-21-16(7-12)20(26)25-9-14-8-13(25)10-27-14/h3-7,11,13-14H,8-10H2,1-2H3,(H,23,24)/t13-,14-/m0/s1. The van der Waals surface area contributed by atoms with E-state index in [1.165, 1.54) is 0 Å². The number of morpholine rings is 1. The van der Waals surface area contributed by atoms with Crippen molar-refractivity contribution in [1.82, 2.24) is 25.1 Å². The Morgan fingerprint density at radius 2 is 2.18 bits per heavy atom. The van der Waals surface area contributed by atoms with Crippen LogP contribution in [0.25, 0.3) is 22.2 Å². The van der Waals surface area contributed by atoms with E-state index in [-0.39, 0.29) is 24.2 Å². The number of H-pyrrole nitrogens is 1. The molecule has 0 unspecified atom stereocenters.